The zero-order valence-corrected chi connectivity index (χ0v) is 11.3. The Morgan fingerprint density at radius 2 is 2.06 bits per heavy atom. The molecule has 0 aliphatic heterocycles. The fourth-order valence-electron chi connectivity index (χ4n) is 1.33. The summed E-state index contributed by atoms with van der Waals surface area (Å²) >= 11 is 0. The molecule has 0 aliphatic rings. The molecule has 1 aromatic rings. The third-order valence-corrected chi connectivity index (χ3v) is 2.06. The van der Waals surface area contributed by atoms with Crippen molar-refractivity contribution in [3.8, 4) is 11.8 Å². The van der Waals surface area contributed by atoms with E-state index in [1.165, 1.54) is 7.11 Å². The topological polar surface area (TPSA) is 59.3 Å². The standard InChI is InChI=1S/C12H13NO3.C2H6/c1-3-16-12(14)7-10-5-4-9(8-13)6-11(10)15-2;1-2/h4-6H,3,7H2,1-2H3;1-2H3. The third-order valence-electron chi connectivity index (χ3n) is 2.06. The van der Waals surface area contributed by atoms with Gasteiger partial charge in [-0.25, -0.2) is 0 Å². The number of ether oxygens (including phenoxy) is 2. The third kappa shape index (κ3) is 4.88. The number of methoxy groups -OCH3 is 1. The van der Waals surface area contributed by atoms with Crippen LogP contribution in [0.25, 0.3) is 0 Å². The van der Waals surface area contributed by atoms with Crippen molar-refractivity contribution < 1.29 is 14.3 Å². The van der Waals surface area contributed by atoms with E-state index in [0.29, 0.717) is 17.9 Å². The van der Waals surface area contributed by atoms with E-state index in [1.807, 2.05) is 19.9 Å². The second-order valence-corrected chi connectivity index (χ2v) is 3.12. The van der Waals surface area contributed by atoms with Crippen LogP contribution in [0.4, 0.5) is 0 Å². The number of carbonyl (C=O) groups excluding carboxylic acids is 1. The Balaban J connectivity index is 0.00000137. The molecule has 0 saturated heterocycles. The predicted octanol–water partition coefficient (Wildman–Crippen LogP) is 2.70. The largest absolute Gasteiger partial charge is 0.496 e. The van der Waals surface area contributed by atoms with E-state index in [1.54, 1.807) is 25.1 Å². The lowest BCUT2D eigenvalue weighted by Gasteiger charge is -2.08. The zero-order valence-electron chi connectivity index (χ0n) is 11.3. The summed E-state index contributed by atoms with van der Waals surface area (Å²) in [7, 11) is 1.51. The summed E-state index contributed by atoms with van der Waals surface area (Å²) in [6, 6.07) is 6.97. The van der Waals surface area contributed by atoms with E-state index < -0.39 is 0 Å². The van der Waals surface area contributed by atoms with Crippen molar-refractivity contribution >= 4 is 5.97 Å². The molecular weight excluding hydrogens is 230 g/mol. The molecule has 0 heterocycles. The number of nitriles is 1. The Hall–Kier alpha value is -2.02. The number of benzene rings is 1. The molecule has 0 amide bonds. The maximum atomic E-state index is 11.3. The van der Waals surface area contributed by atoms with E-state index in [4.69, 9.17) is 14.7 Å². The van der Waals surface area contributed by atoms with Gasteiger partial charge in [-0.1, -0.05) is 19.9 Å². The predicted molar refractivity (Wildman–Crippen MR) is 69.4 cm³/mol. The van der Waals surface area contributed by atoms with Gasteiger partial charge >= 0.3 is 5.97 Å². The van der Waals surface area contributed by atoms with Gasteiger partial charge in [-0.05, 0) is 19.1 Å². The highest BCUT2D eigenvalue weighted by molar-refractivity contribution is 5.73. The lowest BCUT2D eigenvalue weighted by Crippen LogP contribution is -2.08. The highest BCUT2D eigenvalue weighted by atomic mass is 16.5. The minimum Gasteiger partial charge on any atom is -0.496 e. The Labute approximate surface area is 108 Å². The normalized spacial score (nSPS) is 8.61. The minimum atomic E-state index is -0.300. The zero-order chi connectivity index (χ0) is 14.0. The molecule has 1 rings (SSSR count). The molecule has 0 saturated carbocycles. The molecule has 0 aliphatic carbocycles. The molecule has 0 atom stereocenters. The van der Waals surface area contributed by atoms with Gasteiger partial charge in [0.05, 0.1) is 31.8 Å². The van der Waals surface area contributed by atoms with Gasteiger partial charge in [-0.3, -0.25) is 4.79 Å². The molecule has 0 N–H and O–H groups in total. The Bertz CT molecular complexity index is 422. The molecular formula is C14H19NO3. The first-order valence-electron chi connectivity index (χ1n) is 5.94. The van der Waals surface area contributed by atoms with Crippen molar-refractivity contribution in [3.05, 3.63) is 29.3 Å². The average molecular weight is 249 g/mol. The Morgan fingerprint density at radius 3 is 2.56 bits per heavy atom. The number of hydrogen-bond donors (Lipinski definition) is 0. The molecule has 18 heavy (non-hydrogen) atoms. The monoisotopic (exact) mass is 249 g/mol. The van der Waals surface area contributed by atoms with E-state index in [2.05, 4.69) is 0 Å². The van der Waals surface area contributed by atoms with Crippen molar-refractivity contribution in [2.75, 3.05) is 13.7 Å². The number of esters is 1. The molecule has 1 aromatic carbocycles. The number of nitrogens with zero attached hydrogens (tertiary/aromatic N) is 1. The fourth-order valence-corrected chi connectivity index (χ4v) is 1.33. The Kier molecular flexibility index (Phi) is 8.04. The first-order valence-corrected chi connectivity index (χ1v) is 5.94. The van der Waals surface area contributed by atoms with Crippen LogP contribution in [0.5, 0.6) is 5.75 Å². The van der Waals surface area contributed by atoms with Gasteiger partial charge in [0.2, 0.25) is 0 Å². The fraction of sp³-hybridized carbons (Fsp3) is 0.429. The van der Waals surface area contributed by atoms with Crippen LogP contribution in [-0.4, -0.2) is 19.7 Å². The van der Waals surface area contributed by atoms with E-state index in [0.717, 1.165) is 5.56 Å². The average Bonchev–Trinajstić information content (AvgIpc) is 2.41. The van der Waals surface area contributed by atoms with Crippen LogP contribution in [0.15, 0.2) is 18.2 Å². The van der Waals surface area contributed by atoms with Crippen LogP contribution in [0.3, 0.4) is 0 Å². The van der Waals surface area contributed by atoms with Crippen molar-refractivity contribution in [2.24, 2.45) is 0 Å². The van der Waals surface area contributed by atoms with Gasteiger partial charge in [0.1, 0.15) is 5.75 Å². The highest BCUT2D eigenvalue weighted by Crippen LogP contribution is 2.20. The minimum absolute atomic E-state index is 0.155. The molecule has 4 nitrogen and oxygen atoms in total. The van der Waals surface area contributed by atoms with Gasteiger partial charge < -0.3 is 9.47 Å². The van der Waals surface area contributed by atoms with Crippen LogP contribution in [-0.2, 0) is 16.0 Å². The summed E-state index contributed by atoms with van der Waals surface area (Å²) in [6.07, 6.45) is 0.155. The van der Waals surface area contributed by atoms with Crippen molar-refractivity contribution in [3.63, 3.8) is 0 Å². The lowest BCUT2D eigenvalue weighted by atomic mass is 10.1. The maximum absolute atomic E-state index is 11.3. The van der Waals surface area contributed by atoms with Crippen molar-refractivity contribution in [1.82, 2.24) is 0 Å². The van der Waals surface area contributed by atoms with Crippen molar-refractivity contribution in [1.29, 1.82) is 5.26 Å². The summed E-state index contributed by atoms with van der Waals surface area (Å²) < 4.78 is 9.95. The van der Waals surface area contributed by atoms with Gasteiger partial charge in [0.25, 0.3) is 0 Å². The molecule has 0 fully saturated rings. The van der Waals surface area contributed by atoms with E-state index in [9.17, 15) is 4.79 Å². The number of hydrogen-bond acceptors (Lipinski definition) is 4. The van der Waals surface area contributed by atoms with Crippen molar-refractivity contribution in [2.45, 2.75) is 27.2 Å². The summed E-state index contributed by atoms with van der Waals surface area (Å²) in [6.45, 7) is 6.12. The summed E-state index contributed by atoms with van der Waals surface area (Å²) in [5.74, 6) is 0.234. The smallest absolute Gasteiger partial charge is 0.310 e. The SMILES string of the molecule is CC.CCOC(=O)Cc1ccc(C#N)cc1OC. The molecule has 0 spiro atoms. The van der Waals surface area contributed by atoms with Gasteiger partial charge in [-0.2, -0.15) is 5.26 Å². The summed E-state index contributed by atoms with van der Waals surface area (Å²) in [4.78, 5) is 11.3. The first kappa shape index (κ1) is 16.0. The second-order valence-electron chi connectivity index (χ2n) is 3.12. The number of rotatable bonds is 4. The molecule has 0 radical (unpaired) electrons. The molecule has 0 bridgehead atoms. The van der Waals surface area contributed by atoms with Gasteiger partial charge in [0, 0.05) is 5.56 Å². The van der Waals surface area contributed by atoms with E-state index >= 15 is 0 Å². The van der Waals surface area contributed by atoms with Crippen LogP contribution in [0.1, 0.15) is 31.9 Å². The van der Waals surface area contributed by atoms with Crippen LogP contribution < -0.4 is 4.74 Å². The molecule has 4 heteroatoms. The quantitative estimate of drug-likeness (QED) is 0.770. The van der Waals surface area contributed by atoms with Gasteiger partial charge in [0.15, 0.2) is 0 Å². The maximum Gasteiger partial charge on any atom is 0.310 e. The van der Waals surface area contributed by atoms with E-state index in [-0.39, 0.29) is 12.4 Å². The highest BCUT2D eigenvalue weighted by Gasteiger charge is 2.09. The number of carbonyl (C=O) groups is 1. The van der Waals surface area contributed by atoms with Crippen LogP contribution in [0.2, 0.25) is 0 Å². The van der Waals surface area contributed by atoms with Crippen LogP contribution >= 0.6 is 0 Å². The second kappa shape index (κ2) is 9.06. The van der Waals surface area contributed by atoms with Crippen LogP contribution in [0, 0.1) is 11.3 Å². The van der Waals surface area contributed by atoms with Gasteiger partial charge in [-0.15, -0.1) is 0 Å². The Morgan fingerprint density at radius 1 is 1.39 bits per heavy atom. The first-order chi connectivity index (χ1) is 8.71. The molecule has 0 aromatic heterocycles. The molecule has 98 valence electrons. The summed E-state index contributed by atoms with van der Waals surface area (Å²) in [5, 5.41) is 8.72. The molecule has 0 unspecified atom stereocenters. The summed E-state index contributed by atoms with van der Waals surface area (Å²) in [5.41, 5.74) is 1.23. The lowest BCUT2D eigenvalue weighted by molar-refractivity contribution is -0.142.